The summed E-state index contributed by atoms with van der Waals surface area (Å²) in [5.41, 5.74) is -3.60. The smallest absolute Gasteiger partial charge is 0.0911 e. The van der Waals surface area contributed by atoms with Crippen LogP contribution in [0.25, 0.3) is 0 Å². The number of hydrogen-bond acceptors (Lipinski definition) is 6. The SMILES string of the molecule is C[C@@]12CCC[C@@](C)(C(=O)[O-])[C@H]1[C@H](C(=O)[O-])[C@@]13C[C@@H](CC[C@@H]21)[C@@](O)(CO)C3. The third-order valence-electron chi connectivity index (χ3n) is 9.07. The van der Waals surface area contributed by atoms with Crippen molar-refractivity contribution in [3.05, 3.63) is 0 Å². The fourth-order valence-corrected chi connectivity index (χ4v) is 8.30. The number of fused-ring (bicyclic) bond motifs is 3. The van der Waals surface area contributed by atoms with Crippen molar-refractivity contribution in [1.29, 1.82) is 0 Å². The monoisotopic (exact) mass is 364 g/mol. The maximum Gasteiger partial charge on any atom is 0.0911 e. The van der Waals surface area contributed by atoms with Gasteiger partial charge in [0.1, 0.15) is 0 Å². The van der Waals surface area contributed by atoms with Gasteiger partial charge in [0.25, 0.3) is 0 Å². The Hall–Kier alpha value is -1.14. The summed E-state index contributed by atoms with van der Waals surface area (Å²) in [5.74, 6) is -3.99. The molecule has 1 spiro atoms. The van der Waals surface area contributed by atoms with Crippen LogP contribution in [0.1, 0.15) is 58.8 Å². The second kappa shape index (κ2) is 5.22. The Morgan fingerprint density at radius 3 is 2.42 bits per heavy atom. The molecule has 4 saturated carbocycles. The van der Waals surface area contributed by atoms with Crippen molar-refractivity contribution in [3.63, 3.8) is 0 Å². The Kier molecular flexibility index (Phi) is 3.66. The molecule has 26 heavy (non-hydrogen) atoms. The molecule has 2 bridgehead atoms. The van der Waals surface area contributed by atoms with E-state index in [2.05, 4.69) is 0 Å². The van der Waals surface area contributed by atoms with E-state index in [9.17, 15) is 30.0 Å². The van der Waals surface area contributed by atoms with E-state index in [4.69, 9.17) is 0 Å². The average Bonchev–Trinajstić information content (AvgIpc) is 2.93. The van der Waals surface area contributed by atoms with Gasteiger partial charge in [0.05, 0.1) is 12.2 Å². The highest BCUT2D eigenvalue weighted by molar-refractivity contribution is 5.77. The van der Waals surface area contributed by atoms with Crippen LogP contribution in [0.15, 0.2) is 0 Å². The molecule has 0 heterocycles. The molecule has 146 valence electrons. The lowest BCUT2D eigenvalue weighted by molar-refractivity contribution is -0.331. The van der Waals surface area contributed by atoms with Gasteiger partial charge in [-0.2, -0.15) is 0 Å². The van der Waals surface area contributed by atoms with Crippen LogP contribution in [0.3, 0.4) is 0 Å². The third-order valence-corrected chi connectivity index (χ3v) is 9.07. The minimum atomic E-state index is -1.27. The first-order valence-electron chi connectivity index (χ1n) is 9.81. The number of carboxylic acids is 2. The number of rotatable bonds is 3. The maximum atomic E-state index is 12.4. The average molecular weight is 364 g/mol. The summed E-state index contributed by atoms with van der Waals surface area (Å²) in [6.07, 6.45) is 4.20. The molecule has 4 fully saturated rings. The molecule has 0 amide bonds. The van der Waals surface area contributed by atoms with Gasteiger partial charge in [-0.3, -0.25) is 0 Å². The first-order chi connectivity index (χ1) is 12.0. The van der Waals surface area contributed by atoms with Gasteiger partial charge in [0.2, 0.25) is 0 Å². The van der Waals surface area contributed by atoms with Gasteiger partial charge in [0.15, 0.2) is 0 Å². The van der Waals surface area contributed by atoms with Crippen LogP contribution < -0.4 is 10.2 Å². The van der Waals surface area contributed by atoms with Crippen molar-refractivity contribution < 1.29 is 30.0 Å². The van der Waals surface area contributed by atoms with E-state index in [0.717, 1.165) is 25.7 Å². The van der Waals surface area contributed by atoms with Gasteiger partial charge in [-0.05, 0) is 67.1 Å². The zero-order valence-corrected chi connectivity index (χ0v) is 15.5. The van der Waals surface area contributed by atoms with Gasteiger partial charge >= 0.3 is 0 Å². The molecule has 0 saturated heterocycles. The zero-order chi connectivity index (χ0) is 19.1. The standard InChI is InChI=1S/C20H30O6/c1-17-6-3-7-18(2,16(24)25)14(17)13(15(22)23)19-8-11(4-5-12(17)19)20(26,9-19)10-21/h11-14,21,26H,3-10H2,1-2H3,(H,22,23)(H,24,25)/p-2/t11-,12+,13-,14+,17+,18-,19-,20+/m1/s1. The maximum absolute atomic E-state index is 12.4. The highest BCUT2D eigenvalue weighted by Crippen LogP contribution is 2.77. The lowest BCUT2D eigenvalue weighted by Crippen LogP contribution is -2.56. The van der Waals surface area contributed by atoms with E-state index in [1.807, 2.05) is 6.92 Å². The summed E-state index contributed by atoms with van der Waals surface area (Å²) in [6, 6.07) is 0. The number of hydrogen-bond donors (Lipinski definition) is 2. The Bertz CT molecular complexity index is 663. The predicted molar refractivity (Wildman–Crippen MR) is 87.0 cm³/mol. The number of carboxylic acid groups (broad SMARTS) is 2. The molecule has 0 radical (unpaired) electrons. The van der Waals surface area contributed by atoms with Crippen LogP contribution >= 0.6 is 0 Å². The highest BCUT2D eigenvalue weighted by Gasteiger charge is 2.75. The van der Waals surface area contributed by atoms with Gasteiger partial charge in [0, 0.05) is 23.3 Å². The van der Waals surface area contributed by atoms with Crippen LogP contribution in [-0.2, 0) is 9.59 Å². The summed E-state index contributed by atoms with van der Waals surface area (Å²) < 4.78 is 0. The number of aliphatic hydroxyl groups is 2. The van der Waals surface area contributed by atoms with Crippen molar-refractivity contribution in [1.82, 2.24) is 0 Å². The van der Waals surface area contributed by atoms with Crippen molar-refractivity contribution >= 4 is 11.9 Å². The van der Waals surface area contributed by atoms with E-state index in [0.29, 0.717) is 12.8 Å². The first-order valence-corrected chi connectivity index (χ1v) is 9.81. The van der Waals surface area contributed by atoms with E-state index in [1.165, 1.54) is 0 Å². The predicted octanol–water partition coefficient (Wildman–Crippen LogP) is -0.541. The molecule has 6 nitrogen and oxygen atoms in total. The van der Waals surface area contributed by atoms with Crippen LogP contribution in [0.2, 0.25) is 0 Å². The number of carbonyl (C=O) groups excluding carboxylic acids is 2. The number of aliphatic carboxylic acids is 2. The highest BCUT2D eigenvalue weighted by atomic mass is 16.4. The lowest BCUT2D eigenvalue weighted by Gasteiger charge is -2.53. The number of carbonyl (C=O) groups is 2. The quantitative estimate of drug-likeness (QED) is 0.694. The fourth-order valence-electron chi connectivity index (χ4n) is 8.30. The van der Waals surface area contributed by atoms with Crippen LogP contribution in [0, 0.1) is 39.9 Å². The summed E-state index contributed by atoms with van der Waals surface area (Å²) in [5, 5.41) is 45.3. The Labute approximate surface area is 153 Å². The minimum Gasteiger partial charge on any atom is -0.550 e. The van der Waals surface area contributed by atoms with E-state index in [1.54, 1.807) is 6.92 Å². The van der Waals surface area contributed by atoms with Crippen LogP contribution in [0.5, 0.6) is 0 Å². The molecule has 6 heteroatoms. The Balaban J connectivity index is 1.91. The molecule has 0 aromatic carbocycles. The molecular weight excluding hydrogens is 336 g/mol. The van der Waals surface area contributed by atoms with Crippen molar-refractivity contribution in [3.8, 4) is 0 Å². The number of aliphatic hydroxyl groups excluding tert-OH is 1. The van der Waals surface area contributed by atoms with Crippen molar-refractivity contribution in [2.75, 3.05) is 6.61 Å². The second-order valence-corrected chi connectivity index (χ2v) is 10.0. The van der Waals surface area contributed by atoms with Crippen LogP contribution in [-0.4, -0.2) is 34.4 Å². The Morgan fingerprint density at radius 1 is 1.15 bits per heavy atom. The minimum absolute atomic E-state index is 0.0266. The molecule has 0 unspecified atom stereocenters. The fraction of sp³-hybridized carbons (Fsp3) is 0.900. The second-order valence-electron chi connectivity index (χ2n) is 10.0. The molecule has 4 aliphatic rings. The van der Waals surface area contributed by atoms with E-state index in [-0.39, 0.29) is 24.9 Å². The van der Waals surface area contributed by atoms with Gasteiger partial charge in [-0.1, -0.05) is 20.3 Å². The molecule has 8 atom stereocenters. The van der Waals surface area contributed by atoms with Crippen molar-refractivity contribution in [2.24, 2.45) is 39.9 Å². The van der Waals surface area contributed by atoms with Crippen molar-refractivity contribution in [2.45, 2.75) is 64.4 Å². The summed E-state index contributed by atoms with van der Waals surface area (Å²) in [4.78, 5) is 24.5. The molecule has 0 aromatic rings. The molecule has 2 N–H and O–H groups in total. The molecule has 4 rings (SSSR count). The topological polar surface area (TPSA) is 121 Å². The molecule has 0 aromatic heterocycles. The van der Waals surface area contributed by atoms with E-state index >= 15 is 0 Å². The summed E-state index contributed by atoms with van der Waals surface area (Å²) in [6.45, 7) is 3.30. The van der Waals surface area contributed by atoms with E-state index < -0.39 is 45.6 Å². The van der Waals surface area contributed by atoms with Gasteiger partial charge in [-0.15, -0.1) is 0 Å². The third kappa shape index (κ3) is 1.90. The van der Waals surface area contributed by atoms with Crippen LogP contribution in [0.4, 0.5) is 0 Å². The lowest BCUT2D eigenvalue weighted by atomic mass is 9.53. The summed E-state index contributed by atoms with van der Waals surface area (Å²) in [7, 11) is 0. The molecule has 0 aliphatic heterocycles. The first kappa shape index (κ1) is 18.2. The van der Waals surface area contributed by atoms with Gasteiger partial charge in [-0.25, -0.2) is 0 Å². The Morgan fingerprint density at radius 2 is 1.85 bits per heavy atom. The molecule has 4 aliphatic carbocycles. The summed E-state index contributed by atoms with van der Waals surface area (Å²) >= 11 is 0. The largest absolute Gasteiger partial charge is 0.550 e. The zero-order valence-electron chi connectivity index (χ0n) is 15.5. The normalized spacial score (nSPS) is 55.2. The van der Waals surface area contributed by atoms with Gasteiger partial charge < -0.3 is 30.0 Å². The molecular formula is C20H28O6-2.